The maximum Gasteiger partial charge on any atom is 0.296 e. The molecule has 1 N–H and O–H groups in total. The Kier molecular flexibility index (Phi) is 3.29. The number of carbonyl (C=O) groups is 2. The molecule has 21 heavy (non-hydrogen) atoms. The van der Waals surface area contributed by atoms with Crippen molar-refractivity contribution in [1.82, 2.24) is 0 Å². The lowest BCUT2D eigenvalue weighted by atomic mass is 10.1. The van der Waals surface area contributed by atoms with Crippen molar-refractivity contribution < 1.29 is 14.0 Å². The molecule has 0 aromatic heterocycles. The van der Waals surface area contributed by atoms with Crippen LogP contribution in [0, 0.1) is 19.7 Å². The van der Waals surface area contributed by atoms with Gasteiger partial charge < -0.3 is 5.32 Å². The smallest absolute Gasteiger partial charge is 0.296 e. The van der Waals surface area contributed by atoms with Crippen molar-refractivity contribution in [1.29, 1.82) is 0 Å². The van der Waals surface area contributed by atoms with E-state index >= 15 is 0 Å². The second-order valence-corrected chi connectivity index (χ2v) is 6.07. The number of ketones is 1. The highest BCUT2D eigenvalue weighted by Gasteiger charge is 2.29. The van der Waals surface area contributed by atoms with E-state index in [9.17, 15) is 14.0 Å². The average Bonchev–Trinajstić information content (AvgIpc) is 2.69. The summed E-state index contributed by atoms with van der Waals surface area (Å²) in [5.41, 5.74) is 2.67. The lowest BCUT2D eigenvalue weighted by molar-refractivity contribution is -0.112. The monoisotopic (exact) mass is 301 g/mol. The standard InChI is InChI=1S/C16H12FNO2S/c1-8-3-4-13(9(2)5-8)21-14-7-12-10(6-11(14)17)15(19)16(20)18-12/h3-7H,1-2H3,(H,18,19,20). The molecule has 1 aliphatic heterocycles. The van der Waals surface area contributed by atoms with Crippen LogP contribution in [0.1, 0.15) is 21.5 Å². The summed E-state index contributed by atoms with van der Waals surface area (Å²) in [7, 11) is 0. The second kappa shape index (κ2) is 5.00. The normalized spacial score (nSPS) is 13.3. The van der Waals surface area contributed by atoms with Crippen molar-refractivity contribution in [2.24, 2.45) is 0 Å². The van der Waals surface area contributed by atoms with Crippen molar-refractivity contribution >= 4 is 29.1 Å². The topological polar surface area (TPSA) is 46.2 Å². The number of rotatable bonds is 2. The molecule has 3 rings (SSSR count). The molecule has 0 radical (unpaired) electrons. The number of carbonyl (C=O) groups excluding carboxylic acids is 2. The Morgan fingerprint density at radius 3 is 2.52 bits per heavy atom. The van der Waals surface area contributed by atoms with E-state index in [2.05, 4.69) is 5.32 Å². The van der Waals surface area contributed by atoms with Crippen LogP contribution in [0.15, 0.2) is 40.1 Å². The van der Waals surface area contributed by atoms with Gasteiger partial charge in [0.2, 0.25) is 0 Å². The molecule has 0 atom stereocenters. The minimum atomic E-state index is -0.710. The SMILES string of the molecule is Cc1ccc(Sc2cc3c(cc2F)C(=O)C(=O)N3)c(C)c1. The van der Waals surface area contributed by atoms with Crippen molar-refractivity contribution in [3.63, 3.8) is 0 Å². The maximum atomic E-state index is 14.1. The molecule has 0 bridgehead atoms. The summed E-state index contributed by atoms with van der Waals surface area (Å²) >= 11 is 1.28. The average molecular weight is 301 g/mol. The molecule has 1 amide bonds. The summed E-state index contributed by atoms with van der Waals surface area (Å²) in [5.74, 6) is -1.89. The molecule has 0 spiro atoms. The predicted molar refractivity (Wildman–Crippen MR) is 79.4 cm³/mol. The third-order valence-electron chi connectivity index (χ3n) is 3.32. The van der Waals surface area contributed by atoms with Crippen molar-refractivity contribution in [3.05, 3.63) is 52.8 Å². The van der Waals surface area contributed by atoms with Gasteiger partial charge in [0.05, 0.1) is 16.1 Å². The first-order valence-corrected chi connectivity index (χ1v) is 7.21. The fourth-order valence-electron chi connectivity index (χ4n) is 2.26. The van der Waals surface area contributed by atoms with Crippen LogP contribution < -0.4 is 5.32 Å². The number of hydrogen-bond donors (Lipinski definition) is 1. The Labute approximate surface area is 125 Å². The van der Waals surface area contributed by atoms with Crippen LogP contribution >= 0.6 is 11.8 Å². The van der Waals surface area contributed by atoms with Gasteiger partial charge in [-0.1, -0.05) is 29.5 Å². The number of benzene rings is 2. The van der Waals surface area contributed by atoms with Crippen LogP contribution in [0.4, 0.5) is 10.1 Å². The van der Waals surface area contributed by atoms with Gasteiger partial charge in [0.1, 0.15) is 5.82 Å². The van der Waals surface area contributed by atoms with E-state index in [0.29, 0.717) is 10.6 Å². The first kappa shape index (κ1) is 13.8. The summed E-state index contributed by atoms with van der Waals surface area (Å²) in [6, 6.07) is 8.56. The van der Waals surface area contributed by atoms with E-state index in [-0.39, 0.29) is 5.56 Å². The Morgan fingerprint density at radius 2 is 1.81 bits per heavy atom. The molecule has 1 aliphatic rings. The van der Waals surface area contributed by atoms with Crippen LogP contribution in [0.5, 0.6) is 0 Å². The van der Waals surface area contributed by atoms with Gasteiger partial charge in [0.25, 0.3) is 11.7 Å². The number of anilines is 1. The molecule has 0 saturated carbocycles. The summed E-state index contributed by atoms with van der Waals surface area (Å²) in [4.78, 5) is 24.2. The van der Waals surface area contributed by atoms with Crippen molar-refractivity contribution in [2.45, 2.75) is 23.6 Å². The number of aryl methyl sites for hydroxylation is 2. The number of nitrogens with one attached hydrogen (secondary N) is 1. The molecule has 3 nitrogen and oxygen atoms in total. The lowest BCUT2D eigenvalue weighted by Gasteiger charge is -2.09. The maximum absolute atomic E-state index is 14.1. The van der Waals surface area contributed by atoms with Crippen LogP contribution in [-0.2, 0) is 4.79 Å². The van der Waals surface area contributed by atoms with Gasteiger partial charge >= 0.3 is 0 Å². The van der Waals surface area contributed by atoms with Gasteiger partial charge in [-0.15, -0.1) is 0 Å². The number of amides is 1. The minimum absolute atomic E-state index is 0.0995. The molecule has 2 aromatic carbocycles. The van der Waals surface area contributed by atoms with E-state index in [1.54, 1.807) is 0 Å². The van der Waals surface area contributed by atoms with Gasteiger partial charge in [-0.2, -0.15) is 0 Å². The number of Topliss-reactive ketones (excluding diaryl/α,β-unsaturated/α-hetero) is 1. The molecular formula is C16H12FNO2S. The van der Waals surface area contributed by atoms with Crippen LogP contribution in [0.25, 0.3) is 0 Å². The Morgan fingerprint density at radius 1 is 1.05 bits per heavy atom. The zero-order chi connectivity index (χ0) is 15.1. The van der Waals surface area contributed by atoms with Gasteiger partial charge in [0.15, 0.2) is 0 Å². The largest absolute Gasteiger partial charge is 0.318 e. The molecular weight excluding hydrogens is 289 g/mol. The Bertz CT molecular complexity index is 786. The quantitative estimate of drug-likeness (QED) is 0.860. The highest BCUT2D eigenvalue weighted by Crippen LogP contribution is 2.36. The zero-order valence-electron chi connectivity index (χ0n) is 11.5. The second-order valence-electron chi connectivity index (χ2n) is 4.98. The fraction of sp³-hybridized carbons (Fsp3) is 0.125. The summed E-state index contributed by atoms with van der Waals surface area (Å²) in [6.07, 6.45) is 0. The van der Waals surface area contributed by atoms with Gasteiger partial charge in [-0.05, 0) is 37.6 Å². The van der Waals surface area contributed by atoms with E-state index in [0.717, 1.165) is 22.1 Å². The third kappa shape index (κ3) is 2.45. The molecule has 2 aromatic rings. The molecule has 5 heteroatoms. The lowest BCUT2D eigenvalue weighted by Crippen LogP contribution is -2.12. The van der Waals surface area contributed by atoms with Crippen molar-refractivity contribution in [3.8, 4) is 0 Å². The minimum Gasteiger partial charge on any atom is -0.318 e. The van der Waals surface area contributed by atoms with E-state index in [4.69, 9.17) is 0 Å². The summed E-state index contributed by atoms with van der Waals surface area (Å²) in [5, 5.41) is 2.46. The van der Waals surface area contributed by atoms with Crippen LogP contribution in [0.2, 0.25) is 0 Å². The Hall–Kier alpha value is -2.14. The molecule has 1 heterocycles. The van der Waals surface area contributed by atoms with E-state index in [1.165, 1.54) is 17.8 Å². The zero-order valence-corrected chi connectivity index (χ0v) is 12.3. The summed E-state index contributed by atoms with van der Waals surface area (Å²) < 4.78 is 14.1. The number of halogens is 1. The highest BCUT2D eigenvalue weighted by atomic mass is 32.2. The first-order valence-electron chi connectivity index (χ1n) is 6.40. The van der Waals surface area contributed by atoms with Crippen LogP contribution in [0.3, 0.4) is 0 Å². The summed E-state index contributed by atoms with van der Waals surface area (Å²) in [6.45, 7) is 3.96. The van der Waals surface area contributed by atoms with E-state index < -0.39 is 17.5 Å². The van der Waals surface area contributed by atoms with Gasteiger partial charge in [-0.25, -0.2) is 4.39 Å². The Balaban J connectivity index is 1.99. The number of fused-ring (bicyclic) bond motifs is 1. The van der Waals surface area contributed by atoms with Gasteiger partial charge in [0, 0.05) is 4.90 Å². The molecule has 0 fully saturated rings. The highest BCUT2D eigenvalue weighted by molar-refractivity contribution is 7.99. The molecule has 0 saturated heterocycles. The molecule has 0 aliphatic carbocycles. The first-order chi connectivity index (χ1) is 9.95. The molecule has 0 unspecified atom stereocenters. The fourth-order valence-corrected chi connectivity index (χ4v) is 3.18. The third-order valence-corrected chi connectivity index (χ3v) is 4.53. The predicted octanol–water partition coefficient (Wildman–Crippen LogP) is 3.73. The number of hydrogen-bond acceptors (Lipinski definition) is 3. The molecule has 106 valence electrons. The van der Waals surface area contributed by atoms with Crippen molar-refractivity contribution in [2.75, 3.05) is 5.32 Å². The van der Waals surface area contributed by atoms with Gasteiger partial charge in [-0.3, -0.25) is 9.59 Å². The van der Waals surface area contributed by atoms with E-state index in [1.807, 2.05) is 32.0 Å². The van der Waals surface area contributed by atoms with Crippen LogP contribution in [-0.4, -0.2) is 11.7 Å².